The van der Waals surface area contributed by atoms with Gasteiger partial charge in [0.2, 0.25) is 0 Å². The highest BCUT2D eigenvalue weighted by atomic mass is 35.5. The summed E-state index contributed by atoms with van der Waals surface area (Å²) in [6.07, 6.45) is 0.0475. The number of carboxylic acid groups (broad SMARTS) is 1. The van der Waals surface area contributed by atoms with Crippen molar-refractivity contribution in [3.8, 4) is 0 Å². The Morgan fingerprint density at radius 3 is 2.29 bits per heavy atom. The van der Waals surface area contributed by atoms with E-state index in [1.807, 2.05) is 0 Å². The predicted molar refractivity (Wildman–Crippen MR) is 84.8 cm³/mol. The van der Waals surface area contributed by atoms with Gasteiger partial charge < -0.3 is 9.84 Å². The van der Waals surface area contributed by atoms with Crippen molar-refractivity contribution in [2.24, 2.45) is 11.8 Å². The monoisotopic (exact) mass is 379 g/mol. The molecule has 2 unspecified atom stereocenters. The van der Waals surface area contributed by atoms with Crippen molar-refractivity contribution in [3.05, 3.63) is 27.3 Å². The van der Waals surface area contributed by atoms with E-state index >= 15 is 0 Å². The summed E-state index contributed by atoms with van der Waals surface area (Å²) in [6.45, 7) is 4.21. The molecular formula is C15H16Cl2FNO5. The van der Waals surface area contributed by atoms with Gasteiger partial charge in [0.25, 0.3) is 0 Å². The zero-order chi connectivity index (χ0) is 18.6. The molecule has 2 atom stereocenters. The van der Waals surface area contributed by atoms with Gasteiger partial charge in [-0.05, 0) is 13.3 Å². The Labute approximate surface area is 147 Å². The van der Waals surface area contributed by atoms with E-state index in [1.165, 1.54) is 13.8 Å². The average molecular weight is 380 g/mol. The van der Waals surface area contributed by atoms with Gasteiger partial charge in [-0.25, -0.2) is 9.37 Å². The number of ether oxygens (including phenoxy) is 1. The second kappa shape index (κ2) is 8.39. The van der Waals surface area contributed by atoms with Gasteiger partial charge in [-0.2, -0.15) is 0 Å². The number of hydrogen-bond acceptors (Lipinski definition) is 5. The fourth-order valence-corrected chi connectivity index (χ4v) is 2.73. The van der Waals surface area contributed by atoms with E-state index in [-0.39, 0.29) is 24.2 Å². The van der Waals surface area contributed by atoms with Crippen LogP contribution in [0.3, 0.4) is 0 Å². The molecule has 0 aromatic carbocycles. The standard InChI is InChI=1S/C15H16Cl2FNO5/c1-4-7-9(12(16)19-13(17)10(7)18)11(20)8(6(3)14(21)22)15(23)24-5-2/h6,8H,4-5H2,1-3H3,(H,21,22). The second-order valence-electron chi connectivity index (χ2n) is 4.94. The van der Waals surface area contributed by atoms with E-state index in [0.29, 0.717) is 0 Å². The highest BCUT2D eigenvalue weighted by Gasteiger charge is 2.40. The summed E-state index contributed by atoms with van der Waals surface area (Å²) in [5.74, 6) is -7.36. The molecule has 0 fully saturated rings. The first-order chi connectivity index (χ1) is 11.2. The summed E-state index contributed by atoms with van der Waals surface area (Å²) in [4.78, 5) is 39.6. The molecular weight excluding hydrogens is 364 g/mol. The van der Waals surface area contributed by atoms with Crippen molar-refractivity contribution in [1.29, 1.82) is 0 Å². The number of ketones is 1. The number of aliphatic carboxylic acids is 1. The van der Waals surface area contributed by atoms with Crippen LogP contribution in [0.15, 0.2) is 0 Å². The van der Waals surface area contributed by atoms with Gasteiger partial charge in [0.05, 0.1) is 18.1 Å². The molecule has 0 amide bonds. The Kier molecular flexibility index (Phi) is 7.10. The van der Waals surface area contributed by atoms with Crippen molar-refractivity contribution in [2.75, 3.05) is 6.61 Å². The summed E-state index contributed by atoms with van der Waals surface area (Å²) in [5, 5.41) is 8.26. The van der Waals surface area contributed by atoms with Crippen LogP contribution in [-0.2, 0) is 20.7 Å². The highest BCUT2D eigenvalue weighted by Crippen LogP contribution is 2.31. The molecule has 1 heterocycles. The summed E-state index contributed by atoms with van der Waals surface area (Å²) >= 11 is 11.5. The summed E-state index contributed by atoms with van der Waals surface area (Å²) in [7, 11) is 0. The lowest BCUT2D eigenvalue weighted by Crippen LogP contribution is -2.36. The predicted octanol–water partition coefficient (Wildman–Crippen LogP) is 3.17. The zero-order valence-corrected chi connectivity index (χ0v) is 14.7. The Morgan fingerprint density at radius 2 is 1.83 bits per heavy atom. The molecule has 6 nitrogen and oxygen atoms in total. The van der Waals surface area contributed by atoms with Crippen molar-refractivity contribution in [3.63, 3.8) is 0 Å². The number of rotatable bonds is 7. The van der Waals surface area contributed by atoms with Gasteiger partial charge in [0.15, 0.2) is 16.8 Å². The first-order valence-corrected chi connectivity index (χ1v) is 7.89. The molecule has 9 heteroatoms. The number of Topliss-reactive ketones (excluding diaryl/α,β-unsaturated/α-hetero) is 1. The van der Waals surface area contributed by atoms with Crippen LogP contribution >= 0.6 is 23.2 Å². The number of halogens is 3. The minimum absolute atomic E-state index is 0.0451. The third-order valence-electron chi connectivity index (χ3n) is 3.46. The molecule has 1 rings (SSSR count). The number of carbonyl (C=O) groups is 3. The molecule has 1 aromatic heterocycles. The fourth-order valence-electron chi connectivity index (χ4n) is 2.20. The molecule has 0 aliphatic carbocycles. The number of carbonyl (C=O) groups excluding carboxylic acids is 2. The topological polar surface area (TPSA) is 93.6 Å². The van der Waals surface area contributed by atoms with E-state index in [0.717, 1.165) is 0 Å². The summed E-state index contributed by atoms with van der Waals surface area (Å²) in [6, 6.07) is 0. The van der Waals surface area contributed by atoms with Crippen LogP contribution in [0.5, 0.6) is 0 Å². The van der Waals surface area contributed by atoms with Crippen molar-refractivity contribution < 1.29 is 28.6 Å². The summed E-state index contributed by atoms with van der Waals surface area (Å²) < 4.78 is 18.9. The van der Waals surface area contributed by atoms with Crippen LogP contribution in [0, 0.1) is 17.7 Å². The van der Waals surface area contributed by atoms with Gasteiger partial charge in [0, 0.05) is 5.56 Å². The van der Waals surface area contributed by atoms with Crippen LogP contribution in [0.25, 0.3) is 0 Å². The molecule has 132 valence electrons. The maximum atomic E-state index is 14.1. The van der Waals surface area contributed by atoms with E-state index < -0.39 is 45.7 Å². The Bertz CT molecular complexity index is 680. The lowest BCUT2D eigenvalue weighted by Gasteiger charge is -2.20. The van der Waals surface area contributed by atoms with Crippen molar-refractivity contribution >= 4 is 40.9 Å². The first-order valence-electron chi connectivity index (χ1n) is 7.14. The van der Waals surface area contributed by atoms with Gasteiger partial charge in [-0.15, -0.1) is 0 Å². The average Bonchev–Trinajstić information content (AvgIpc) is 2.50. The first kappa shape index (κ1) is 20.3. The number of pyridine rings is 1. The molecule has 1 N–H and O–H groups in total. The molecule has 1 aromatic rings. The quantitative estimate of drug-likeness (QED) is 0.338. The molecule has 0 aliphatic rings. The molecule has 0 spiro atoms. The minimum Gasteiger partial charge on any atom is -0.481 e. The molecule has 24 heavy (non-hydrogen) atoms. The molecule has 0 saturated heterocycles. The smallest absolute Gasteiger partial charge is 0.317 e. The third kappa shape index (κ3) is 4.02. The normalized spacial score (nSPS) is 13.2. The lowest BCUT2D eigenvalue weighted by atomic mass is 9.85. The number of nitrogens with zero attached hydrogens (tertiary/aromatic N) is 1. The van der Waals surface area contributed by atoms with E-state index in [1.54, 1.807) is 6.92 Å². The summed E-state index contributed by atoms with van der Waals surface area (Å²) in [5.41, 5.74) is -0.482. The van der Waals surface area contributed by atoms with E-state index in [2.05, 4.69) is 4.98 Å². The molecule has 0 aliphatic heterocycles. The number of carboxylic acids is 1. The Hall–Kier alpha value is -1.73. The van der Waals surface area contributed by atoms with Gasteiger partial charge in [0.1, 0.15) is 11.1 Å². The maximum absolute atomic E-state index is 14.1. The fraction of sp³-hybridized carbons (Fsp3) is 0.467. The Balaban J connectivity index is 3.52. The highest BCUT2D eigenvalue weighted by molar-refractivity contribution is 6.35. The second-order valence-corrected chi connectivity index (χ2v) is 5.65. The van der Waals surface area contributed by atoms with Gasteiger partial charge in [-0.3, -0.25) is 14.4 Å². The number of hydrogen-bond donors (Lipinski definition) is 1. The minimum atomic E-state index is -1.67. The van der Waals surface area contributed by atoms with Gasteiger partial charge in [-0.1, -0.05) is 37.0 Å². The number of aromatic nitrogens is 1. The number of esters is 1. The lowest BCUT2D eigenvalue weighted by molar-refractivity contribution is -0.154. The molecule has 0 radical (unpaired) electrons. The van der Waals surface area contributed by atoms with Crippen LogP contribution in [-0.4, -0.2) is 34.4 Å². The van der Waals surface area contributed by atoms with Crippen molar-refractivity contribution in [2.45, 2.75) is 27.2 Å². The zero-order valence-electron chi connectivity index (χ0n) is 13.2. The maximum Gasteiger partial charge on any atom is 0.317 e. The third-order valence-corrected chi connectivity index (χ3v) is 3.99. The van der Waals surface area contributed by atoms with Crippen LogP contribution in [0.1, 0.15) is 36.7 Å². The molecule has 0 bridgehead atoms. The van der Waals surface area contributed by atoms with Crippen LogP contribution in [0.4, 0.5) is 4.39 Å². The van der Waals surface area contributed by atoms with E-state index in [9.17, 15) is 18.8 Å². The largest absolute Gasteiger partial charge is 0.481 e. The van der Waals surface area contributed by atoms with E-state index in [4.69, 9.17) is 33.0 Å². The van der Waals surface area contributed by atoms with Crippen molar-refractivity contribution in [1.82, 2.24) is 4.98 Å². The Morgan fingerprint density at radius 1 is 1.25 bits per heavy atom. The SMILES string of the molecule is CCOC(=O)C(C(=O)c1c(Cl)nc(Cl)c(F)c1CC)C(C)C(=O)O. The van der Waals surface area contributed by atoms with Crippen LogP contribution in [0.2, 0.25) is 10.3 Å². The van der Waals surface area contributed by atoms with Crippen LogP contribution < -0.4 is 0 Å². The van der Waals surface area contributed by atoms with Gasteiger partial charge >= 0.3 is 11.9 Å². The molecule has 0 saturated carbocycles.